The van der Waals surface area contributed by atoms with E-state index in [2.05, 4.69) is 15.3 Å². The lowest BCUT2D eigenvalue weighted by atomic mass is 9.89. The molecular formula is C26H29N3O4. The fraction of sp³-hybridized carbons (Fsp3) is 0.385. The van der Waals surface area contributed by atoms with Crippen LogP contribution in [0.4, 0.5) is 0 Å². The molecule has 0 radical (unpaired) electrons. The van der Waals surface area contributed by atoms with E-state index in [1.807, 2.05) is 36.4 Å². The van der Waals surface area contributed by atoms with Crippen LogP contribution in [0.3, 0.4) is 0 Å². The van der Waals surface area contributed by atoms with E-state index in [1.54, 1.807) is 18.5 Å². The number of ether oxygens (including phenoxy) is 1. The molecule has 7 heteroatoms. The molecule has 1 fully saturated rings. The zero-order valence-corrected chi connectivity index (χ0v) is 18.6. The lowest BCUT2D eigenvalue weighted by Crippen LogP contribution is -2.37. The topological polar surface area (TPSA) is 101 Å². The third kappa shape index (κ3) is 6.06. The van der Waals surface area contributed by atoms with Gasteiger partial charge in [0.1, 0.15) is 6.61 Å². The first kappa shape index (κ1) is 22.7. The van der Waals surface area contributed by atoms with Crippen molar-refractivity contribution < 1.29 is 19.4 Å². The fourth-order valence-corrected chi connectivity index (χ4v) is 4.33. The second-order valence-electron chi connectivity index (χ2n) is 8.54. The second-order valence-corrected chi connectivity index (χ2v) is 8.54. The van der Waals surface area contributed by atoms with Gasteiger partial charge in [-0.2, -0.15) is 0 Å². The Morgan fingerprint density at radius 2 is 1.88 bits per heavy atom. The van der Waals surface area contributed by atoms with E-state index in [-0.39, 0.29) is 18.9 Å². The average molecular weight is 448 g/mol. The van der Waals surface area contributed by atoms with Crippen LogP contribution in [0, 0.1) is 5.92 Å². The molecule has 1 saturated carbocycles. The Labute approximate surface area is 193 Å². The summed E-state index contributed by atoms with van der Waals surface area (Å²) < 4.78 is 5.72. The van der Waals surface area contributed by atoms with Gasteiger partial charge in [0.05, 0.1) is 6.42 Å². The predicted molar refractivity (Wildman–Crippen MR) is 126 cm³/mol. The summed E-state index contributed by atoms with van der Waals surface area (Å²) in [5, 5.41) is 12.1. The Morgan fingerprint density at radius 1 is 1.09 bits per heavy atom. The molecule has 2 heterocycles. The zero-order chi connectivity index (χ0) is 23.0. The number of rotatable bonds is 8. The lowest BCUT2D eigenvalue weighted by molar-refractivity contribution is -0.136. The molecule has 2 aliphatic rings. The number of nitrogens with one attached hydrogen (secondary N) is 1. The number of carboxylic acid groups (broad SMARTS) is 1. The van der Waals surface area contributed by atoms with Gasteiger partial charge in [0.25, 0.3) is 0 Å². The number of amides is 1. The molecule has 0 bridgehead atoms. The highest BCUT2D eigenvalue weighted by atomic mass is 16.5. The molecule has 33 heavy (non-hydrogen) atoms. The smallest absolute Gasteiger partial charge is 0.307 e. The monoisotopic (exact) mass is 447 g/mol. The van der Waals surface area contributed by atoms with Gasteiger partial charge < -0.3 is 15.2 Å². The molecule has 2 aromatic rings. The number of hydrogen-bond acceptors (Lipinski definition) is 5. The van der Waals surface area contributed by atoms with Gasteiger partial charge in [0.2, 0.25) is 11.8 Å². The number of carbonyl (C=O) groups excluding carboxylic acids is 1. The number of aliphatic imine (C=N–C) groups is 1. The van der Waals surface area contributed by atoms with Crippen molar-refractivity contribution in [3.63, 3.8) is 0 Å². The van der Waals surface area contributed by atoms with E-state index in [0.717, 1.165) is 22.3 Å². The normalized spacial score (nSPS) is 19.0. The minimum Gasteiger partial charge on any atom is -0.481 e. The molecular weight excluding hydrogens is 418 g/mol. The highest BCUT2D eigenvalue weighted by Crippen LogP contribution is 2.25. The van der Waals surface area contributed by atoms with Crippen LogP contribution in [0.5, 0.6) is 0 Å². The fourth-order valence-electron chi connectivity index (χ4n) is 4.33. The third-order valence-corrected chi connectivity index (χ3v) is 6.14. The Morgan fingerprint density at radius 3 is 2.58 bits per heavy atom. The number of pyridine rings is 1. The van der Waals surface area contributed by atoms with Gasteiger partial charge in [-0.05, 0) is 48.1 Å². The highest BCUT2D eigenvalue weighted by molar-refractivity contribution is 5.98. The van der Waals surface area contributed by atoms with Crippen LogP contribution in [-0.2, 0) is 14.3 Å². The molecule has 1 aliphatic carbocycles. The van der Waals surface area contributed by atoms with Crippen LogP contribution < -0.4 is 5.32 Å². The maximum absolute atomic E-state index is 12.5. The number of benzene rings is 1. The van der Waals surface area contributed by atoms with Gasteiger partial charge in [0.15, 0.2) is 6.04 Å². The molecule has 2 N–H and O–H groups in total. The molecule has 1 atom stereocenters. The summed E-state index contributed by atoms with van der Waals surface area (Å²) >= 11 is 0. The Hall–Kier alpha value is -3.48. The summed E-state index contributed by atoms with van der Waals surface area (Å²) in [6, 6.07) is 10.7. The molecule has 0 spiro atoms. The van der Waals surface area contributed by atoms with Crippen molar-refractivity contribution in [1.82, 2.24) is 10.3 Å². The molecule has 1 amide bonds. The van der Waals surface area contributed by atoms with Gasteiger partial charge in [-0.3, -0.25) is 14.6 Å². The first-order valence-electron chi connectivity index (χ1n) is 11.5. The van der Waals surface area contributed by atoms with Gasteiger partial charge in [-0.1, -0.05) is 43.5 Å². The molecule has 1 aliphatic heterocycles. The van der Waals surface area contributed by atoms with Gasteiger partial charge in [-0.15, -0.1) is 0 Å². The van der Waals surface area contributed by atoms with Crippen molar-refractivity contribution in [2.45, 2.75) is 44.6 Å². The maximum Gasteiger partial charge on any atom is 0.307 e. The zero-order valence-electron chi connectivity index (χ0n) is 18.6. The van der Waals surface area contributed by atoms with Crippen molar-refractivity contribution in [2.24, 2.45) is 10.9 Å². The Kier molecular flexibility index (Phi) is 7.50. The highest BCUT2D eigenvalue weighted by Gasteiger charge is 2.27. The first-order valence-corrected chi connectivity index (χ1v) is 11.5. The SMILES string of the molecule is O=C(O)CC=C(c1ccc(C2=NC(C(=O)NCC3CCCCC3)CO2)cc1)c1cccnc1. The minimum atomic E-state index is -0.894. The van der Waals surface area contributed by atoms with Crippen molar-refractivity contribution in [3.05, 3.63) is 71.6 Å². The van der Waals surface area contributed by atoms with Crippen LogP contribution in [0.1, 0.15) is 55.2 Å². The molecule has 4 rings (SSSR count). The van der Waals surface area contributed by atoms with Gasteiger partial charge in [-0.25, -0.2) is 4.99 Å². The number of carboxylic acids is 1. The molecule has 0 saturated heterocycles. The minimum absolute atomic E-state index is 0.0809. The van der Waals surface area contributed by atoms with E-state index >= 15 is 0 Å². The van der Waals surface area contributed by atoms with E-state index < -0.39 is 12.0 Å². The first-order chi connectivity index (χ1) is 16.1. The molecule has 1 aromatic heterocycles. The molecule has 1 unspecified atom stereocenters. The van der Waals surface area contributed by atoms with E-state index in [1.165, 1.54) is 32.1 Å². The summed E-state index contributed by atoms with van der Waals surface area (Å²) in [5.41, 5.74) is 3.29. The largest absolute Gasteiger partial charge is 0.481 e. The molecule has 7 nitrogen and oxygen atoms in total. The Bertz CT molecular complexity index is 1030. The summed E-state index contributed by atoms with van der Waals surface area (Å²) in [7, 11) is 0. The average Bonchev–Trinajstić information content (AvgIpc) is 3.35. The predicted octanol–water partition coefficient (Wildman–Crippen LogP) is 3.83. The summed E-state index contributed by atoms with van der Waals surface area (Å²) in [4.78, 5) is 32.3. The number of carbonyl (C=O) groups is 2. The summed E-state index contributed by atoms with van der Waals surface area (Å²) in [6.07, 6.45) is 11.2. The molecule has 1 aromatic carbocycles. The Balaban J connectivity index is 1.43. The third-order valence-electron chi connectivity index (χ3n) is 6.14. The van der Waals surface area contributed by atoms with Crippen LogP contribution in [-0.4, -0.2) is 47.1 Å². The molecule has 172 valence electrons. The van der Waals surface area contributed by atoms with Crippen LogP contribution >= 0.6 is 0 Å². The quantitative estimate of drug-likeness (QED) is 0.641. The number of aliphatic carboxylic acids is 1. The van der Waals surface area contributed by atoms with Crippen molar-refractivity contribution in [1.29, 1.82) is 0 Å². The van der Waals surface area contributed by atoms with Crippen LogP contribution in [0.2, 0.25) is 0 Å². The second kappa shape index (κ2) is 10.9. The van der Waals surface area contributed by atoms with Gasteiger partial charge >= 0.3 is 5.97 Å². The van der Waals surface area contributed by atoms with Gasteiger partial charge in [0, 0.05) is 30.1 Å². The van der Waals surface area contributed by atoms with Crippen molar-refractivity contribution >= 4 is 23.3 Å². The van der Waals surface area contributed by atoms with Crippen molar-refractivity contribution in [3.8, 4) is 0 Å². The number of aromatic nitrogens is 1. The standard InChI is InChI=1S/C26H29N3O4/c30-24(31)13-12-22(21-7-4-14-27-16-21)19-8-10-20(11-9-19)26-29-23(17-33-26)25(32)28-15-18-5-2-1-3-6-18/h4,7-12,14,16,18,23H,1-3,5-6,13,15,17H2,(H,28,32)(H,30,31). The van der Waals surface area contributed by atoms with E-state index in [9.17, 15) is 9.59 Å². The summed E-state index contributed by atoms with van der Waals surface area (Å²) in [5.74, 6) is 0.0539. The van der Waals surface area contributed by atoms with E-state index in [0.29, 0.717) is 18.4 Å². The number of hydrogen-bond donors (Lipinski definition) is 2. The summed E-state index contributed by atoms with van der Waals surface area (Å²) in [6.45, 7) is 0.960. The van der Waals surface area contributed by atoms with Crippen LogP contribution in [0.25, 0.3) is 5.57 Å². The lowest BCUT2D eigenvalue weighted by Gasteiger charge is -2.22. The van der Waals surface area contributed by atoms with E-state index in [4.69, 9.17) is 9.84 Å². The maximum atomic E-state index is 12.5. The van der Waals surface area contributed by atoms with Crippen molar-refractivity contribution in [2.75, 3.05) is 13.2 Å². The van der Waals surface area contributed by atoms with Crippen LogP contribution in [0.15, 0.2) is 59.9 Å². The number of nitrogens with zero attached hydrogens (tertiary/aromatic N) is 2.